The van der Waals surface area contributed by atoms with E-state index >= 15 is 0 Å². The van der Waals surface area contributed by atoms with Gasteiger partial charge in [0.05, 0.1) is 5.92 Å². The topological polar surface area (TPSA) is 51.0 Å². The van der Waals surface area contributed by atoms with Crippen LogP contribution in [0.5, 0.6) is 0 Å². The SMILES string of the molecule is CCNC(C)C(C)c1nc(CC2CC2)no1. The van der Waals surface area contributed by atoms with Gasteiger partial charge in [-0.15, -0.1) is 0 Å². The Morgan fingerprint density at radius 2 is 2.19 bits per heavy atom. The van der Waals surface area contributed by atoms with Gasteiger partial charge in [0.15, 0.2) is 5.82 Å². The van der Waals surface area contributed by atoms with E-state index in [4.69, 9.17) is 4.52 Å². The summed E-state index contributed by atoms with van der Waals surface area (Å²) in [4.78, 5) is 4.48. The Kier molecular flexibility index (Phi) is 3.59. The number of hydrogen-bond acceptors (Lipinski definition) is 4. The van der Waals surface area contributed by atoms with E-state index in [0.717, 1.165) is 30.6 Å². The minimum Gasteiger partial charge on any atom is -0.339 e. The van der Waals surface area contributed by atoms with Crippen LogP contribution in [0.3, 0.4) is 0 Å². The summed E-state index contributed by atoms with van der Waals surface area (Å²) in [5, 5.41) is 7.42. The van der Waals surface area contributed by atoms with E-state index < -0.39 is 0 Å². The zero-order chi connectivity index (χ0) is 11.5. The van der Waals surface area contributed by atoms with Crippen molar-refractivity contribution in [3.05, 3.63) is 11.7 Å². The third-order valence-electron chi connectivity index (χ3n) is 3.32. The zero-order valence-corrected chi connectivity index (χ0v) is 10.4. The fraction of sp³-hybridized carbons (Fsp3) is 0.833. The van der Waals surface area contributed by atoms with E-state index in [-0.39, 0.29) is 5.92 Å². The maximum atomic E-state index is 5.32. The molecule has 90 valence electrons. The van der Waals surface area contributed by atoms with Crippen LogP contribution in [0, 0.1) is 5.92 Å². The number of nitrogens with one attached hydrogen (secondary N) is 1. The van der Waals surface area contributed by atoms with Gasteiger partial charge < -0.3 is 9.84 Å². The molecular weight excluding hydrogens is 202 g/mol. The molecule has 4 nitrogen and oxygen atoms in total. The van der Waals surface area contributed by atoms with Crippen molar-refractivity contribution in [2.75, 3.05) is 6.54 Å². The average molecular weight is 223 g/mol. The molecule has 0 amide bonds. The van der Waals surface area contributed by atoms with Crippen molar-refractivity contribution in [2.24, 2.45) is 5.92 Å². The van der Waals surface area contributed by atoms with Crippen LogP contribution >= 0.6 is 0 Å². The molecule has 2 rings (SSSR count). The molecule has 1 aliphatic rings. The maximum Gasteiger partial charge on any atom is 0.231 e. The summed E-state index contributed by atoms with van der Waals surface area (Å²) in [5.74, 6) is 2.74. The molecule has 1 aromatic rings. The van der Waals surface area contributed by atoms with E-state index in [1.165, 1.54) is 12.8 Å². The molecule has 16 heavy (non-hydrogen) atoms. The second kappa shape index (κ2) is 4.95. The lowest BCUT2D eigenvalue weighted by Gasteiger charge is -2.16. The van der Waals surface area contributed by atoms with Gasteiger partial charge in [-0.25, -0.2) is 0 Å². The summed E-state index contributed by atoms with van der Waals surface area (Å²) in [6.45, 7) is 7.35. The molecule has 0 aromatic carbocycles. The number of rotatable bonds is 6. The number of likely N-dealkylation sites (N-methyl/N-ethyl adjacent to an activating group) is 1. The van der Waals surface area contributed by atoms with Crippen LogP contribution in [-0.4, -0.2) is 22.7 Å². The van der Waals surface area contributed by atoms with Crippen LogP contribution in [0.4, 0.5) is 0 Å². The third-order valence-corrected chi connectivity index (χ3v) is 3.32. The minimum absolute atomic E-state index is 0.278. The van der Waals surface area contributed by atoms with Crippen molar-refractivity contribution in [2.45, 2.75) is 52.0 Å². The first-order valence-electron chi connectivity index (χ1n) is 6.26. The number of nitrogens with zero attached hydrogens (tertiary/aromatic N) is 2. The molecule has 2 atom stereocenters. The van der Waals surface area contributed by atoms with Crippen molar-refractivity contribution in [1.29, 1.82) is 0 Å². The summed E-state index contributed by atoms with van der Waals surface area (Å²) >= 11 is 0. The van der Waals surface area contributed by atoms with Crippen molar-refractivity contribution < 1.29 is 4.52 Å². The van der Waals surface area contributed by atoms with Crippen LogP contribution in [0.1, 0.15) is 51.2 Å². The van der Waals surface area contributed by atoms with Gasteiger partial charge in [0.1, 0.15) is 0 Å². The number of aromatic nitrogens is 2. The van der Waals surface area contributed by atoms with Gasteiger partial charge in [-0.2, -0.15) is 4.98 Å². The predicted molar refractivity (Wildman–Crippen MR) is 62.3 cm³/mol. The van der Waals surface area contributed by atoms with Crippen molar-refractivity contribution in [3.63, 3.8) is 0 Å². The Hall–Kier alpha value is -0.900. The summed E-state index contributed by atoms with van der Waals surface area (Å²) in [6, 6.07) is 0.374. The van der Waals surface area contributed by atoms with Gasteiger partial charge in [0, 0.05) is 12.5 Å². The third kappa shape index (κ3) is 2.82. The lowest BCUT2D eigenvalue weighted by molar-refractivity contribution is 0.329. The first-order valence-corrected chi connectivity index (χ1v) is 6.26. The lowest BCUT2D eigenvalue weighted by atomic mass is 10.0. The maximum absolute atomic E-state index is 5.32. The first kappa shape index (κ1) is 11.6. The predicted octanol–water partition coefficient (Wildman–Crippen LogP) is 2.12. The van der Waals surface area contributed by atoms with E-state index in [1.54, 1.807) is 0 Å². The molecule has 1 N–H and O–H groups in total. The van der Waals surface area contributed by atoms with E-state index in [9.17, 15) is 0 Å². The molecule has 1 saturated carbocycles. The molecule has 0 radical (unpaired) electrons. The van der Waals surface area contributed by atoms with Crippen LogP contribution < -0.4 is 5.32 Å². The van der Waals surface area contributed by atoms with Crippen LogP contribution in [0.15, 0.2) is 4.52 Å². The molecule has 1 aromatic heterocycles. The normalized spacial score (nSPS) is 19.7. The van der Waals surface area contributed by atoms with Crippen LogP contribution in [0.2, 0.25) is 0 Å². The molecule has 1 heterocycles. The highest BCUT2D eigenvalue weighted by Crippen LogP contribution is 2.32. The molecule has 2 unspecified atom stereocenters. The highest BCUT2D eigenvalue weighted by Gasteiger charge is 2.25. The quantitative estimate of drug-likeness (QED) is 0.802. The van der Waals surface area contributed by atoms with E-state index in [1.807, 2.05) is 0 Å². The second-order valence-corrected chi connectivity index (χ2v) is 4.83. The fourth-order valence-corrected chi connectivity index (χ4v) is 1.83. The Balaban J connectivity index is 1.93. The largest absolute Gasteiger partial charge is 0.339 e. The van der Waals surface area contributed by atoms with Crippen molar-refractivity contribution in [3.8, 4) is 0 Å². The van der Waals surface area contributed by atoms with Gasteiger partial charge in [-0.1, -0.05) is 19.0 Å². The molecule has 1 fully saturated rings. The Labute approximate surface area is 96.8 Å². The smallest absolute Gasteiger partial charge is 0.231 e. The van der Waals surface area contributed by atoms with Gasteiger partial charge in [0.25, 0.3) is 0 Å². The standard InChI is InChI=1S/C12H21N3O/c1-4-13-9(3)8(2)12-14-11(15-16-12)7-10-5-6-10/h8-10,13H,4-7H2,1-3H3. The molecule has 0 spiro atoms. The Morgan fingerprint density at radius 3 is 2.81 bits per heavy atom. The van der Waals surface area contributed by atoms with Gasteiger partial charge in [-0.3, -0.25) is 0 Å². The lowest BCUT2D eigenvalue weighted by Crippen LogP contribution is -2.30. The highest BCUT2D eigenvalue weighted by molar-refractivity contribution is 4.98. The molecule has 4 heteroatoms. The molecule has 0 aliphatic heterocycles. The monoisotopic (exact) mass is 223 g/mol. The van der Waals surface area contributed by atoms with Gasteiger partial charge in [-0.05, 0) is 32.2 Å². The average Bonchev–Trinajstić information content (AvgIpc) is 2.94. The number of hydrogen-bond donors (Lipinski definition) is 1. The summed E-state index contributed by atoms with van der Waals surface area (Å²) in [7, 11) is 0. The minimum atomic E-state index is 0.278. The Bertz CT molecular complexity index is 333. The van der Waals surface area contributed by atoms with Crippen LogP contribution in [0.25, 0.3) is 0 Å². The van der Waals surface area contributed by atoms with Crippen molar-refractivity contribution >= 4 is 0 Å². The van der Waals surface area contributed by atoms with Gasteiger partial charge in [0.2, 0.25) is 5.89 Å². The van der Waals surface area contributed by atoms with Crippen molar-refractivity contribution in [1.82, 2.24) is 15.5 Å². The summed E-state index contributed by atoms with van der Waals surface area (Å²) in [6.07, 6.45) is 3.65. The fourth-order valence-electron chi connectivity index (χ4n) is 1.83. The molecule has 0 saturated heterocycles. The molecule has 0 bridgehead atoms. The summed E-state index contributed by atoms with van der Waals surface area (Å²) < 4.78 is 5.32. The van der Waals surface area contributed by atoms with E-state index in [2.05, 4.69) is 36.2 Å². The second-order valence-electron chi connectivity index (χ2n) is 4.83. The van der Waals surface area contributed by atoms with E-state index in [0.29, 0.717) is 6.04 Å². The zero-order valence-electron chi connectivity index (χ0n) is 10.4. The Morgan fingerprint density at radius 1 is 1.44 bits per heavy atom. The van der Waals surface area contributed by atoms with Gasteiger partial charge >= 0.3 is 0 Å². The highest BCUT2D eigenvalue weighted by atomic mass is 16.5. The first-order chi connectivity index (χ1) is 7.70. The molecular formula is C12H21N3O. The molecule has 1 aliphatic carbocycles. The van der Waals surface area contributed by atoms with Crippen LogP contribution in [-0.2, 0) is 6.42 Å². The summed E-state index contributed by atoms with van der Waals surface area (Å²) in [5.41, 5.74) is 0.